The molecular formula is HCoLiO4P. The molecule has 1 saturated heterocycles. The summed E-state index contributed by atoms with van der Waals surface area (Å²) >= 11 is 0. The second-order valence-corrected chi connectivity index (χ2v) is 1.32. The van der Waals surface area contributed by atoms with Gasteiger partial charge in [0.25, 0.3) is 0 Å². The Bertz CT molecular complexity index is 58.7. The first-order valence-electron chi connectivity index (χ1n) is 0.946. The molecule has 2 radical (unpaired) electrons. The molecule has 0 unspecified atom stereocenters. The van der Waals surface area contributed by atoms with E-state index in [4.69, 9.17) is 0 Å². The van der Waals surface area contributed by atoms with Crippen LogP contribution in [0.2, 0.25) is 0 Å². The van der Waals surface area contributed by atoms with Gasteiger partial charge >= 0.3 is 8.25 Å². The van der Waals surface area contributed by atoms with Crippen LogP contribution in [-0.2, 0) is 35.7 Å². The summed E-state index contributed by atoms with van der Waals surface area (Å²) in [5.74, 6) is 0. The Hall–Kier alpha value is 1.21. The molecule has 0 saturated carbocycles. The SMILES string of the molecule is O=[PH]1OOO1.[Co].[Li]. The summed E-state index contributed by atoms with van der Waals surface area (Å²) in [5, 5.41) is 3.57. The van der Waals surface area contributed by atoms with E-state index in [1.54, 1.807) is 0 Å². The van der Waals surface area contributed by atoms with Crippen LogP contribution >= 0.6 is 8.25 Å². The minimum absolute atomic E-state index is 0. The number of hydrogen-bond donors (Lipinski definition) is 0. The van der Waals surface area contributed by atoms with E-state index in [9.17, 15) is 4.57 Å². The van der Waals surface area contributed by atoms with Crippen molar-refractivity contribution in [1.82, 2.24) is 0 Å². The Morgan fingerprint density at radius 3 is 1.57 bits per heavy atom. The zero-order valence-corrected chi connectivity index (χ0v) is 5.51. The minimum atomic E-state index is -2.17. The summed E-state index contributed by atoms with van der Waals surface area (Å²) in [7, 11) is -2.17. The van der Waals surface area contributed by atoms with Crippen LogP contribution in [0.15, 0.2) is 0 Å². The van der Waals surface area contributed by atoms with Crippen LogP contribution in [0, 0.1) is 0 Å². The maximum atomic E-state index is 9.52. The smallest absolute Gasteiger partial charge is 0.258 e. The van der Waals surface area contributed by atoms with Gasteiger partial charge in [-0.1, -0.05) is 5.04 Å². The maximum Gasteiger partial charge on any atom is 0.380 e. The zero-order chi connectivity index (χ0) is 3.70. The van der Waals surface area contributed by atoms with E-state index in [1.807, 2.05) is 0 Å². The van der Waals surface area contributed by atoms with Crippen molar-refractivity contribution < 1.29 is 35.7 Å². The van der Waals surface area contributed by atoms with Gasteiger partial charge in [0, 0.05) is 35.6 Å². The molecule has 1 heterocycles. The molecule has 1 rings (SSSR count). The van der Waals surface area contributed by atoms with Gasteiger partial charge in [-0.05, 0) is 0 Å². The summed E-state index contributed by atoms with van der Waals surface area (Å²) < 4.78 is 17.0. The van der Waals surface area contributed by atoms with Gasteiger partial charge in [-0.2, -0.15) is 0 Å². The molecule has 4 nitrogen and oxygen atoms in total. The van der Waals surface area contributed by atoms with Crippen LogP contribution in [0.5, 0.6) is 0 Å². The van der Waals surface area contributed by atoms with Crippen LogP contribution in [0.4, 0.5) is 0 Å². The van der Waals surface area contributed by atoms with Crippen molar-refractivity contribution in [2.24, 2.45) is 0 Å². The average molecular weight is 162 g/mol. The van der Waals surface area contributed by atoms with Gasteiger partial charge in [0.05, 0.1) is 0 Å². The Morgan fingerprint density at radius 2 is 1.57 bits per heavy atom. The molecule has 0 atom stereocenters. The third kappa shape index (κ3) is 3.77. The van der Waals surface area contributed by atoms with Crippen LogP contribution < -0.4 is 0 Å². The molecule has 40 valence electrons. The van der Waals surface area contributed by atoms with E-state index in [2.05, 4.69) is 14.4 Å². The van der Waals surface area contributed by atoms with E-state index >= 15 is 0 Å². The normalized spacial score (nSPS) is 18.3. The van der Waals surface area contributed by atoms with Crippen LogP contribution in [-0.4, -0.2) is 18.9 Å². The Kier molecular flexibility index (Phi) is 8.46. The molecule has 0 aromatic rings. The van der Waals surface area contributed by atoms with Crippen molar-refractivity contribution in [1.29, 1.82) is 0 Å². The fourth-order valence-electron chi connectivity index (χ4n) is 0.0618. The largest absolute Gasteiger partial charge is 0.380 e. The van der Waals surface area contributed by atoms with E-state index in [0.29, 0.717) is 0 Å². The molecule has 7 heavy (non-hydrogen) atoms. The van der Waals surface area contributed by atoms with Crippen molar-refractivity contribution in [2.45, 2.75) is 0 Å². The van der Waals surface area contributed by atoms with Gasteiger partial charge in [0.2, 0.25) is 0 Å². The Balaban J connectivity index is 0. The van der Waals surface area contributed by atoms with Crippen molar-refractivity contribution in [2.75, 3.05) is 0 Å². The molecule has 1 fully saturated rings. The molecule has 0 aromatic heterocycles. The first-order chi connectivity index (χ1) is 2.39. The number of hydrogen-bond acceptors (Lipinski definition) is 4. The molecule has 0 aliphatic carbocycles. The van der Waals surface area contributed by atoms with Gasteiger partial charge in [0.1, 0.15) is 0 Å². The summed E-state index contributed by atoms with van der Waals surface area (Å²) in [6.45, 7) is 0. The Labute approximate surface area is 63.1 Å². The summed E-state index contributed by atoms with van der Waals surface area (Å²) in [6, 6.07) is 0. The van der Waals surface area contributed by atoms with E-state index in [0.717, 1.165) is 0 Å². The second-order valence-electron chi connectivity index (χ2n) is 0.485. The molecule has 0 N–H and O–H groups in total. The molecule has 0 bridgehead atoms. The summed E-state index contributed by atoms with van der Waals surface area (Å²) in [5.41, 5.74) is 0. The zero-order valence-electron chi connectivity index (χ0n) is 3.47. The van der Waals surface area contributed by atoms with Gasteiger partial charge in [-0.15, -0.1) is 9.35 Å². The molecule has 1 aliphatic rings. The first-order valence-corrected chi connectivity index (χ1v) is 2.17. The van der Waals surface area contributed by atoms with Crippen LogP contribution in [0.1, 0.15) is 0 Å². The van der Waals surface area contributed by atoms with Gasteiger partial charge in [-0.3, -0.25) is 4.57 Å². The van der Waals surface area contributed by atoms with Gasteiger partial charge in [-0.25, -0.2) is 0 Å². The van der Waals surface area contributed by atoms with Gasteiger partial charge < -0.3 is 0 Å². The molecule has 0 amide bonds. The first kappa shape index (κ1) is 11.1. The quantitative estimate of drug-likeness (QED) is 0.283. The van der Waals surface area contributed by atoms with Crippen molar-refractivity contribution in [3.05, 3.63) is 0 Å². The number of rotatable bonds is 0. The van der Waals surface area contributed by atoms with E-state index < -0.39 is 8.25 Å². The fraction of sp³-hybridized carbons (Fsp3) is 0. The molecule has 0 aromatic carbocycles. The van der Waals surface area contributed by atoms with Gasteiger partial charge in [0.15, 0.2) is 0 Å². The van der Waals surface area contributed by atoms with E-state index in [1.165, 1.54) is 0 Å². The predicted molar refractivity (Wildman–Crippen MR) is 18.0 cm³/mol. The third-order valence-electron chi connectivity index (χ3n) is 0.204. The predicted octanol–water partition coefficient (Wildman–Crippen LogP) is -0.114. The topological polar surface area (TPSA) is 44.8 Å². The third-order valence-corrected chi connectivity index (χ3v) is 0.612. The molecule has 7 heteroatoms. The van der Waals surface area contributed by atoms with Crippen molar-refractivity contribution in [3.8, 4) is 0 Å². The second kappa shape index (κ2) is 5.35. The Morgan fingerprint density at radius 1 is 1.29 bits per heavy atom. The van der Waals surface area contributed by atoms with E-state index in [-0.39, 0.29) is 35.6 Å². The van der Waals surface area contributed by atoms with Crippen LogP contribution in [0.25, 0.3) is 0 Å². The molecular weight excluding hydrogens is 161 g/mol. The molecule has 0 spiro atoms. The summed E-state index contributed by atoms with van der Waals surface area (Å²) in [4.78, 5) is 0. The monoisotopic (exact) mass is 162 g/mol. The maximum absolute atomic E-state index is 9.52. The van der Waals surface area contributed by atoms with Crippen molar-refractivity contribution in [3.63, 3.8) is 0 Å². The summed E-state index contributed by atoms with van der Waals surface area (Å²) in [6.07, 6.45) is 0. The fourth-order valence-corrected chi connectivity index (χ4v) is 0.185. The minimum Gasteiger partial charge on any atom is -0.258 e. The standard InChI is InChI=1S/Co.Li.HO4P/c;;1-5-3-2-4-5/h;;5H. The average Bonchev–Trinajstić information content (AvgIpc) is 1.30. The molecule has 1 aliphatic heterocycles. The van der Waals surface area contributed by atoms with Crippen LogP contribution in [0.3, 0.4) is 0 Å². The van der Waals surface area contributed by atoms with Crippen molar-refractivity contribution >= 4 is 27.1 Å².